The fourth-order valence-corrected chi connectivity index (χ4v) is 3.15. The Morgan fingerprint density at radius 1 is 1.36 bits per heavy atom. The van der Waals surface area contributed by atoms with Gasteiger partial charge in [-0.3, -0.25) is 4.79 Å². The third-order valence-electron chi connectivity index (χ3n) is 3.80. The summed E-state index contributed by atoms with van der Waals surface area (Å²) in [5, 5.41) is 2.85. The van der Waals surface area contributed by atoms with E-state index in [1.807, 2.05) is 0 Å². The van der Waals surface area contributed by atoms with E-state index in [1.54, 1.807) is 0 Å². The highest BCUT2D eigenvalue weighted by Gasteiger charge is 2.39. The predicted octanol–water partition coefficient (Wildman–Crippen LogP) is 0.888. The summed E-state index contributed by atoms with van der Waals surface area (Å²) in [6.07, 6.45) is 6.18. The molecule has 0 heterocycles. The molecule has 2 saturated carbocycles. The summed E-state index contributed by atoms with van der Waals surface area (Å²) in [6.45, 7) is 1.17. The first kappa shape index (κ1) is 9.97. The van der Waals surface area contributed by atoms with E-state index in [4.69, 9.17) is 5.73 Å². The van der Waals surface area contributed by atoms with Crippen molar-refractivity contribution in [2.24, 2.45) is 23.5 Å². The second-order valence-electron chi connectivity index (χ2n) is 4.78. The summed E-state index contributed by atoms with van der Waals surface area (Å²) < 4.78 is 0. The topological polar surface area (TPSA) is 55.1 Å². The van der Waals surface area contributed by atoms with Gasteiger partial charge in [-0.25, -0.2) is 0 Å². The molecule has 0 aliphatic heterocycles. The average Bonchev–Trinajstić information content (AvgIpc) is 2.76. The highest BCUT2D eigenvalue weighted by Crippen LogP contribution is 2.49. The standard InChI is InChI=1S/C11H20N2O/c12-3-4-13-11(14)7-10-6-8-1-2-9(10)5-8/h8-10H,1-7,12H2,(H,13,14). The van der Waals surface area contributed by atoms with Crippen LogP contribution in [0.3, 0.4) is 0 Å². The molecule has 2 aliphatic rings. The van der Waals surface area contributed by atoms with Crippen LogP contribution >= 0.6 is 0 Å². The zero-order chi connectivity index (χ0) is 9.97. The maximum absolute atomic E-state index is 11.5. The maximum atomic E-state index is 11.5. The Balaban J connectivity index is 1.73. The second kappa shape index (κ2) is 4.30. The average molecular weight is 196 g/mol. The molecule has 0 saturated heterocycles. The van der Waals surface area contributed by atoms with E-state index in [-0.39, 0.29) is 5.91 Å². The van der Waals surface area contributed by atoms with E-state index in [2.05, 4.69) is 5.32 Å². The fourth-order valence-electron chi connectivity index (χ4n) is 3.15. The number of hydrogen-bond acceptors (Lipinski definition) is 2. The molecular weight excluding hydrogens is 176 g/mol. The number of carbonyl (C=O) groups is 1. The van der Waals surface area contributed by atoms with Crippen molar-refractivity contribution >= 4 is 5.91 Å². The lowest BCUT2D eigenvalue weighted by atomic mass is 9.86. The molecular formula is C11H20N2O. The highest BCUT2D eigenvalue weighted by atomic mass is 16.1. The van der Waals surface area contributed by atoms with Crippen LogP contribution in [0.1, 0.15) is 32.1 Å². The van der Waals surface area contributed by atoms with Gasteiger partial charge in [0.15, 0.2) is 0 Å². The summed E-state index contributed by atoms with van der Waals surface area (Å²) in [5.74, 6) is 2.66. The number of nitrogens with two attached hydrogens (primary N) is 1. The number of hydrogen-bond donors (Lipinski definition) is 2. The highest BCUT2D eigenvalue weighted by molar-refractivity contribution is 5.76. The Kier molecular flexibility index (Phi) is 3.06. The molecule has 2 fully saturated rings. The molecule has 2 rings (SSSR count). The van der Waals surface area contributed by atoms with Crippen molar-refractivity contribution in [1.29, 1.82) is 0 Å². The molecule has 2 bridgehead atoms. The van der Waals surface area contributed by atoms with Crippen LogP contribution in [0.2, 0.25) is 0 Å². The molecule has 3 heteroatoms. The molecule has 0 aromatic heterocycles. The lowest BCUT2D eigenvalue weighted by Gasteiger charge is -2.20. The Labute approximate surface area is 85.4 Å². The van der Waals surface area contributed by atoms with E-state index in [1.165, 1.54) is 25.7 Å². The third kappa shape index (κ3) is 2.08. The normalized spacial score (nSPS) is 34.8. The van der Waals surface area contributed by atoms with Gasteiger partial charge in [0.2, 0.25) is 5.91 Å². The first-order chi connectivity index (χ1) is 6.79. The molecule has 0 aromatic carbocycles. The van der Waals surface area contributed by atoms with Crippen molar-refractivity contribution < 1.29 is 4.79 Å². The van der Waals surface area contributed by atoms with Gasteiger partial charge in [-0.15, -0.1) is 0 Å². The van der Waals surface area contributed by atoms with Gasteiger partial charge >= 0.3 is 0 Å². The quantitative estimate of drug-likeness (QED) is 0.701. The predicted molar refractivity (Wildman–Crippen MR) is 55.6 cm³/mol. The zero-order valence-electron chi connectivity index (χ0n) is 8.67. The van der Waals surface area contributed by atoms with Gasteiger partial charge in [-0.05, 0) is 37.0 Å². The van der Waals surface area contributed by atoms with E-state index in [0.717, 1.165) is 18.3 Å². The van der Waals surface area contributed by atoms with Gasteiger partial charge in [0.1, 0.15) is 0 Å². The van der Waals surface area contributed by atoms with Crippen LogP contribution in [0.15, 0.2) is 0 Å². The number of rotatable bonds is 4. The number of fused-ring (bicyclic) bond motifs is 2. The minimum atomic E-state index is 0.202. The molecule has 3 unspecified atom stereocenters. The van der Waals surface area contributed by atoms with E-state index >= 15 is 0 Å². The minimum absolute atomic E-state index is 0.202. The van der Waals surface area contributed by atoms with Crippen LogP contribution in [0, 0.1) is 17.8 Å². The van der Waals surface area contributed by atoms with Crippen LogP contribution in [0.4, 0.5) is 0 Å². The smallest absolute Gasteiger partial charge is 0.220 e. The Morgan fingerprint density at radius 3 is 2.79 bits per heavy atom. The van der Waals surface area contributed by atoms with Gasteiger partial charge in [0.25, 0.3) is 0 Å². The van der Waals surface area contributed by atoms with Crippen LogP contribution < -0.4 is 11.1 Å². The SMILES string of the molecule is NCCNC(=O)CC1CC2CCC1C2. The zero-order valence-corrected chi connectivity index (χ0v) is 8.67. The van der Waals surface area contributed by atoms with Crippen molar-refractivity contribution in [3.05, 3.63) is 0 Å². The first-order valence-electron chi connectivity index (χ1n) is 5.76. The second-order valence-corrected chi connectivity index (χ2v) is 4.78. The summed E-state index contributed by atoms with van der Waals surface area (Å²) in [6, 6.07) is 0. The monoisotopic (exact) mass is 196 g/mol. The molecule has 0 aromatic rings. The van der Waals surface area contributed by atoms with Gasteiger partial charge in [-0.1, -0.05) is 6.42 Å². The Bertz CT molecular complexity index is 217. The molecule has 80 valence electrons. The minimum Gasteiger partial charge on any atom is -0.355 e. The van der Waals surface area contributed by atoms with Crippen molar-refractivity contribution in [2.75, 3.05) is 13.1 Å². The van der Waals surface area contributed by atoms with E-state index < -0.39 is 0 Å². The van der Waals surface area contributed by atoms with Crippen LogP contribution in [0.5, 0.6) is 0 Å². The molecule has 1 amide bonds. The number of nitrogens with one attached hydrogen (secondary N) is 1. The lowest BCUT2D eigenvalue weighted by Crippen LogP contribution is -2.31. The molecule has 0 spiro atoms. The van der Waals surface area contributed by atoms with Crippen molar-refractivity contribution in [3.8, 4) is 0 Å². The molecule has 0 radical (unpaired) electrons. The molecule has 3 nitrogen and oxygen atoms in total. The molecule has 14 heavy (non-hydrogen) atoms. The van der Waals surface area contributed by atoms with Crippen molar-refractivity contribution in [1.82, 2.24) is 5.32 Å². The van der Waals surface area contributed by atoms with Crippen molar-refractivity contribution in [2.45, 2.75) is 32.1 Å². The van der Waals surface area contributed by atoms with Gasteiger partial charge in [-0.2, -0.15) is 0 Å². The maximum Gasteiger partial charge on any atom is 0.220 e. The number of amides is 1. The largest absolute Gasteiger partial charge is 0.355 e. The Morgan fingerprint density at radius 2 is 2.21 bits per heavy atom. The fraction of sp³-hybridized carbons (Fsp3) is 0.909. The van der Waals surface area contributed by atoms with Gasteiger partial charge in [0, 0.05) is 19.5 Å². The van der Waals surface area contributed by atoms with E-state index in [9.17, 15) is 4.79 Å². The summed E-state index contributed by atoms with van der Waals surface area (Å²) in [4.78, 5) is 11.5. The molecule has 3 atom stereocenters. The summed E-state index contributed by atoms with van der Waals surface area (Å²) in [7, 11) is 0. The molecule has 3 N–H and O–H groups in total. The summed E-state index contributed by atoms with van der Waals surface area (Å²) >= 11 is 0. The van der Waals surface area contributed by atoms with Crippen LogP contribution in [-0.4, -0.2) is 19.0 Å². The van der Waals surface area contributed by atoms with Crippen LogP contribution in [0.25, 0.3) is 0 Å². The van der Waals surface area contributed by atoms with Crippen LogP contribution in [-0.2, 0) is 4.79 Å². The van der Waals surface area contributed by atoms with E-state index in [0.29, 0.717) is 19.0 Å². The number of carbonyl (C=O) groups excluding carboxylic acids is 1. The Hall–Kier alpha value is -0.570. The summed E-state index contributed by atoms with van der Waals surface area (Å²) in [5.41, 5.74) is 5.33. The van der Waals surface area contributed by atoms with Gasteiger partial charge in [0.05, 0.1) is 0 Å². The molecule has 2 aliphatic carbocycles. The van der Waals surface area contributed by atoms with Crippen molar-refractivity contribution in [3.63, 3.8) is 0 Å². The van der Waals surface area contributed by atoms with Gasteiger partial charge < -0.3 is 11.1 Å². The lowest BCUT2D eigenvalue weighted by molar-refractivity contribution is -0.122. The third-order valence-corrected chi connectivity index (χ3v) is 3.80. The first-order valence-corrected chi connectivity index (χ1v) is 5.76.